The van der Waals surface area contributed by atoms with Crippen molar-refractivity contribution in [1.82, 2.24) is 20.9 Å². The highest BCUT2D eigenvalue weighted by atomic mass is 16.2. The predicted octanol–water partition coefficient (Wildman–Crippen LogP) is 1.84. The van der Waals surface area contributed by atoms with Gasteiger partial charge in [0.2, 0.25) is 0 Å². The lowest BCUT2D eigenvalue weighted by Crippen LogP contribution is -2.55. The van der Waals surface area contributed by atoms with Crippen molar-refractivity contribution in [2.75, 3.05) is 26.7 Å². The molecule has 0 spiro atoms. The number of carbonyl (C=O) groups excluding carboxylic acids is 2. The van der Waals surface area contributed by atoms with Crippen molar-refractivity contribution in [2.45, 2.75) is 63.8 Å². The lowest BCUT2D eigenvalue weighted by molar-refractivity contribution is -0.125. The number of amides is 3. The molecule has 3 aliphatic rings. The highest BCUT2D eigenvalue weighted by Crippen LogP contribution is 2.30. The minimum Gasteiger partial charge on any atom is -0.356 e. The number of rotatable bonds is 4. The molecule has 3 amide bonds. The molecule has 0 radical (unpaired) electrons. The first-order chi connectivity index (χ1) is 12.5. The first-order valence-electron chi connectivity index (χ1n) is 10.1. The molecule has 2 saturated heterocycles. The molecule has 0 aromatic heterocycles. The highest BCUT2D eigenvalue weighted by molar-refractivity contribution is 6.07. The van der Waals surface area contributed by atoms with E-state index in [1.165, 1.54) is 38.5 Å². The summed E-state index contributed by atoms with van der Waals surface area (Å²) >= 11 is 0. The van der Waals surface area contributed by atoms with Crippen LogP contribution < -0.4 is 16.0 Å². The quantitative estimate of drug-likeness (QED) is 0.404. The largest absolute Gasteiger partial charge is 0.356 e. The van der Waals surface area contributed by atoms with Crippen molar-refractivity contribution >= 4 is 17.9 Å². The SMILES string of the molecule is CN=C(NCCC1CCCCC1)N1CCC(C2(C)NC(=O)NC2=O)CC1. The van der Waals surface area contributed by atoms with E-state index < -0.39 is 5.54 Å². The fourth-order valence-corrected chi connectivity index (χ4v) is 4.71. The maximum atomic E-state index is 12.1. The smallest absolute Gasteiger partial charge is 0.322 e. The number of nitrogens with zero attached hydrogens (tertiary/aromatic N) is 2. The van der Waals surface area contributed by atoms with E-state index in [2.05, 4.69) is 25.8 Å². The van der Waals surface area contributed by atoms with E-state index in [1.807, 2.05) is 14.0 Å². The van der Waals surface area contributed by atoms with Crippen molar-refractivity contribution < 1.29 is 9.59 Å². The first kappa shape index (κ1) is 19.0. The summed E-state index contributed by atoms with van der Waals surface area (Å²) in [6.45, 7) is 4.53. The van der Waals surface area contributed by atoms with E-state index in [0.717, 1.165) is 44.4 Å². The third-order valence-corrected chi connectivity index (χ3v) is 6.46. The monoisotopic (exact) mass is 363 g/mol. The summed E-state index contributed by atoms with van der Waals surface area (Å²) in [7, 11) is 1.83. The zero-order valence-electron chi connectivity index (χ0n) is 16.1. The summed E-state index contributed by atoms with van der Waals surface area (Å²) in [4.78, 5) is 30.3. The van der Waals surface area contributed by atoms with Crippen LogP contribution in [0.3, 0.4) is 0 Å². The normalized spacial score (nSPS) is 28.8. The molecule has 1 aliphatic carbocycles. The van der Waals surface area contributed by atoms with Crippen LogP contribution in [0.5, 0.6) is 0 Å². The fraction of sp³-hybridized carbons (Fsp3) is 0.842. The summed E-state index contributed by atoms with van der Waals surface area (Å²) < 4.78 is 0. The zero-order chi connectivity index (χ0) is 18.6. The Hall–Kier alpha value is -1.79. The topological polar surface area (TPSA) is 85.8 Å². The number of nitrogens with one attached hydrogen (secondary N) is 3. The minimum absolute atomic E-state index is 0.158. The van der Waals surface area contributed by atoms with Crippen molar-refractivity contribution in [3.8, 4) is 0 Å². The average Bonchev–Trinajstić information content (AvgIpc) is 2.92. The maximum absolute atomic E-state index is 12.1. The number of guanidine groups is 1. The molecule has 2 heterocycles. The molecule has 0 aromatic rings. The summed E-state index contributed by atoms with van der Waals surface area (Å²) in [5.74, 6) is 1.79. The Balaban J connectivity index is 1.45. The van der Waals surface area contributed by atoms with Crippen LogP contribution >= 0.6 is 0 Å². The molecule has 3 fully saturated rings. The van der Waals surface area contributed by atoms with Gasteiger partial charge in [-0.15, -0.1) is 0 Å². The predicted molar refractivity (Wildman–Crippen MR) is 102 cm³/mol. The van der Waals surface area contributed by atoms with E-state index in [9.17, 15) is 9.59 Å². The Morgan fingerprint density at radius 1 is 1.19 bits per heavy atom. The summed E-state index contributed by atoms with van der Waals surface area (Å²) in [6.07, 6.45) is 9.88. The van der Waals surface area contributed by atoms with Crippen molar-refractivity contribution in [3.63, 3.8) is 0 Å². The highest BCUT2D eigenvalue weighted by Gasteiger charge is 2.48. The van der Waals surface area contributed by atoms with Gasteiger partial charge >= 0.3 is 6.03 Å². The summed E-state index contributed by atoms with van der Waals surface area (Å²) in [5.41, 5.74) is -0.777. The molecular formula is C19H33N5O2. The van der Waals surface area contributed by atoms with Crippen LogP contribution in [-0.2, 0) is 4.79 Å². The maximum Gasteiger partial charge on any atom is 0.322 e. The number of piperidine rings is 1. The van der Waals surface area contributed by atoms with Gasteiger partial charge in [-0.1, -0.05) is 32.1 Å². The molecule has 1 saturated carbocycles. The third kappa shape index (κ3) is 4.13. The minimum atomic E-state index is -0.777. The summed E-state index contributed by atoms with van der Waals surface area (Å²) in [5, 5.41) is 8.71. The standard InChI is InChI=1S/C19H33N5O2/c1-19(16(25)22-18(26)23-19)15-9-12-24(13-10-15)17(20-2)21-11-8-14-6-4-3-5-7-14/h14-15H,3-13H2,1-2H3,(H,20,21)(H2,22,23,25,26). The van der Waals surface area contributed by atoms with Crippen LogP contribution in [0, 0.1) is 11.8 Å². The van der Waals surface area contributed by atoms with E-state index in [-0.39, 0.29) is 17.9 Å². The number of urea groups is 1. The number of hydrogen-bond acceptors (Lipinski definition) is 3. The third-order valence-electron chi connectivity index (χ3n) is 6.46. The number of likely N-dealkylation sites (tertiary alicyclic amines) is 1. The van der Waals surface area contributed by atoms with Crippen LogP contribution in [0.4, 0.5) is 4.79 Å². The molecule has 0 aromatic carbocycles. The molecular weight excluding hydrogens is 330 g/mol. The number of imide groups is 1. The van der Waals surface area contributed by atoms with Gasteiger partial charge in [0, 0.05) is 26.7 Å². The lowest BCUT2D eigenvalue weighted by atomic mass is 9.79. The van der Waals surface area contributed by atoms with Crippen LogP contribution in [-0.4, -0.2) is 55.0 Å². The lowest BCUT2D eigenvalue weighted by Gasteiger charge is -2.39. The van der Waals surface area contributed by atoms with Gasteiger partial charge < -0.3 is 15.5 Å². The Bertz CT molecular complexity index is 550. The van der Waals surface area contributed by atoms with Crippen LogP contribution in [0.25, 0.3) is 0 Å². The van der Waals surface area contributed by atoms with E-state index >= 15 is 0 Å². The van der Waals surface area contributed by atoms with Crippen LogP contribution in [0.1, 0.15) is 58.3 Å². The van der Waals surface area contributed by atoms with Crippen LogP contribution in [0.15, 0.2) is 4.99 Å². The number of carbonyl (C=O) groups is 2. The number of aliphatic imine (C=N–C) groups is 1. The van der Waals surface area contributed by atoms with Gasteiger partial charge in [-0.05, 0) is 38.0 Å². The Kier molecular flexibility index (Phi) is 6.04. The molecule has 7 heteroatoms. The van der Waals surface area contributed by atoms with Gasteiger partial charge in [0.1, 0.15) is 5.54 Å². The molecule has 1 atom stereocenters. The molecule has 3 rings (SSSR count). The van der Waals surface area contributed by atoms with Crippen LogP contribution in [0.2, 0.25) is 0 Å². The van der Waals surface area contributed by atoms with E-state index in [1.54, 1.807) is 0 Å². The van der Waals surface area contributed by atoms with Gasteiger partial charge in [-0.3, -0.25) is 15.1 Å². The number of hydrogen-bond donors (Lipinski definition) is 3. The molecule has 0 bridgehead atoms. The Labute approximate surface area is 156 Å². The van der Waals surface area contributed by atoms with Crippen molar-refractivity contribution in [3.05, 3.63) is 0 Å². The van der Waals surface area contributed by atoms with E-state index in [0.29, 0.717) is 0 Å². The second-order valence-corrected chi connectivity index (χ2v) is 8.14. The van der Waals surface area contributed by atoms with Gasteiger partial charge in [-0.25, -0.2) is 4.79 Å². The van der Waals surface area contributed by atoms with E-state index in [4.69, 9.17) is 0 Å². The van der Waals surface area contributed by atoms with Gasteiger partial charge in [0.15, 0.2) is 5.96 Å². The van der Waals surface area contributed by atoms with Gasteiger partial charge in [0.05, 0.1) is 0 Å². The molecule has 3 N–H and O–H groups in total. The fourth-order valence-electron chi connectivity index (χ4n) is 4.71. The second kappa shape index (κ2) is 8.27. The van der Waals surface area contributed by atoms with Gasteiger partial charge in [0.25, 0.3) is 5.91 Å². The molecule has 1 unspecified atom stereocenters. The van der Waals surface area contributed by atoms with Crippen molar-refractivity contribution in [1.29, 1.82) is 0 Å². The second-order valence-electron chi connectivity index (χ2n) is 8.14. The summed E-state index contributed by atoms with van der Waals surface area (Å²) in [6, 6.07) is -0.375. The van der Waals surface area contributed by atoms with Crippen molar-refractivity contribution in [2.24, 2.45) is 16.8 Å². The molecule has 26 heavy (non-hydrogen) atoms. The average molecular weight is 364 g/mol. The molecule has 146 valence electrons. The Morgan fingerprint density at radius 2 is 1.88 bits per heavy atom. The first-order valence-corrected chi connectivity index (χ1v) is 10.1. The molecule has 7 nitrogen and oxygen atoms in total. The van der Waals surface area contributed by atoms with Gasteiger partial charge in [-0.2, -0.15) is 0 Å². The Morgan fingerprint density at radius 3 is 2.46 bits per heavy atom. The molecule has 2 aliphatic heterocycles. The zero-order valence-corrected chi connectivity index (χ0v) is 16.1.